The van der Waals surface area contributed by atoms with Gasteiger partial charge in [-0.2, -0.15) is 0 Å². The van der Waals surface area contributed by atoms with Crippen LogP contribution in [0.15, 0.2) is 50.4 Å². The fourth-order valence-electron chi connectivity index (χ4n) is 3.31. The Balaban J connectivity index is 1.85. The Labute approximate surface area is 179 Å². The summed E-state index contributed by atoms with van der Waals surface area (Å²) < 4.78 is 39.2. The Bertz CT molecular complexity index is 988. The number of amides is 1. The first-order valence-electron chi connectivity index (χ1n) is 9.31. The molecule has 0 atom stereocenters. The van der Waals surface area contributed by atoms with Gasteiger partial charge in [-0.3, -0.25) is 4.79 Å². The van der Waals surface area contributed by atoms with E-state index in [1.165, 1.54) is 12.1 Å². The van der Waals surface area contributed by atoms with Gasteiger partial charge in [-0.25, -0.2) is 13.1 Å². The van der Waals surface area contributed by atoms with Crippen LogP contribution in [0.4, 0.5) is 0 Å². The second-order valence-electron chi connectivity index (χ2n) is 8.13. The van der Waals surface area contributed by atoms with E-state index in [9.17, 15) is 13.2 Å². The number of carbonyl (C=O) groups excluding carboxylic acids is 1. The van der Waals surface area contributed by atoms with Gasteiger partial charge >= 0.3 is 0 Å². The molecule has 0 saturated carbocycles. The highest BCUT2D eigenvalue weighted by molar-refractivity contribution is 9.10. The molecule has 158 valence electrons. The van der Waals surface area contributed by atoms with Crippen molar-refractivity contribution in [2.75, 3.05) is 13.2 Å². The molecule has 1 aromatic carbocycles. The van der Waals surface area contributed by atoms with E-state index in [0.717, 1.165) is 10.0 Å². The molecule has 1 fully saturated rings. The summed E-state index contributed by atoms with van der Waals surface area (Å²) in [6.07, 6.45) is 1.21. The molecule has 1 saturated heterocycles. The van der Waals surface area contributed by atoms with Gasteiger partial charge in [0.05, 0.1) is 5.54 Å². The number of nitrogens with one attached hydrogen (secondary N) is 2. The van der Waals surface area contributed by atoms with Gasteiger partial charge in [-0.1, -0.05) is 28.1 Å². The van der Waals surface area contributed by atoms with Crippen molar-refractivity contribution >= 4 is 31.9 Å². The second-order valence-corrected chi connectivity index (χ2v) is 10.7. The molecule has 1 aliphatic rings. The van der Waals surface area contributed by atoms with Crippen molar-refractivity contribution in [2.45, 2.75) is 49.8 Å². The number of hydrogen-bond donors (Lipinski definition) is 2. The number of rotatable bonds is 5. The van der Waals surface area contributed by atoms with Crippen molar-refractivity contribution in [1.29, 1.82) is 0 Å². The zero-order valence-electron chi connectivity index (χ0n) is 16.6. The summed E-state index contributed by atoms with van der Waals surface area (Å²) in [6.45, 7) is 6.22. The van der Waals surface area contributed by atoms with Gasteiger partial charge in [0.2, 0.25) is 5.09 Å². The Morgan fingerprint density at radius 1 is 1.14 bits per heavy atom. The minimum atomic E-state index is -3.86. The normalized spacial score (nSPS) is 17.1. The summed E-state index contributed by atoms with van der Waals surface area (Å²) >= 11 is 3.48. The minimum absolute atomic E-state index is 0.0554. The van der Waals surface area contributed by atoms with Crippen LogP contribution in [0.5, 0.6) is 0 Å². The van der Waals surface area contributed by atoms with E-state index in [1.54, 1.807) is 20.8 Å². The molecule has 9 heteroatoms. The van der Waals surface area contributed by atoms with Gasteiger partial charge in [0.25, 0.3) is 15.9 Å². The van der Waals surface area contributed by atoms with Crippen LogP contribution >= 0.6 is 15.9 Å². The van der Waals surface area contributed by atoms with Gasteiger partial charge in [0.15, 0.2) is 5.76 Å². The highest BCUT2D eigenvalue weighted by Crippen LogP contribution is 2.34. The van der Waals surface area contributed by atoms with Crippen LogP contribution in [-0.2, 0) is 20.3 Å². The Kier molecular flexibility index (Phi) is 6.24. The summed E-state index contributed by atoms with van der Waals surface area (Å²) in [6, 6.07) is 10.4. The van der Waals surface area contributed by atoms with Gasteiger partial charge in [0.1, 0.15) is 0 Å². The molecular weight excluding hydrogens is 460 g/mol. The summed E-state index contributed by atoms with van der Waals surface area (Å²) in [5, 5.41) is 2.77. The van der Waals surface area contributed by atoms with E-state index in [4.69, 9.17) is 9.15 Å². The van der Waals surface area contributed by atoms with Crippen LogP contribution in [0.3, 0.4) is 0 Å². The van der Waals surface area contributed by atoms with Crippen molar-refractivity contribution in [3.05, 3.63) is 52.2 Å². The number of sulfonamides is 1. The lowest BCUT2D eigenvalue weighted by Crippen LogP contribution is -2.49. The summed E-state index contributed by atoms with van der Waals surface area (Å²) in [5.74, 6) is -0.524. The number of hydrogen-bond acceptors (Lipinski definition) is 5. The maximum atomic E-state index is 12.9. The largest absolute Gasteiger partial charge is 0.438 e. The average molecular weight is 485 g/mol. The Morgan fingerprint density at radius 2 is 1.83 bits per heavy atom. The van der Waals surface area contributed by atoms with Crippen LogP contribution in [0.25, 0.3) is 0 Å². The van der Waals surface area contributed by atoms with Crippen molar-refractivity contribution in [1.82, 2.24) is 10.0 Å². The predicted molar refractivity (Wildman–Crippen MR) is 112 cm³/mol. The lowest BCUT2D eigenvalue weighted by atomic mass is 9.82. The molecule has 2 aromatic rings. The summed E-state index contributed by atoms with van der Waals surface area (Å²) in [4.78, 5) is 12.9. The van der Waals surface area contributed by atoms with E-state index in [-0.39, 0.29) is 10.9 Å². The molecule has 3 rings (SSSR count). The highest BCUT2D eigenvalue weighted by Gasteiger charge is 2.37. The highest BCUT2D eigenvalue weighted by atomic mass is 79.9. The van der Waals surface area contributed by atoms with Crippen molar-refractivity contribution in [2.24, 2.45) is 0 Å². The third-order valence-electron chi connectivity index (χ3n) is 4.59. The lowest BCUT2D eigenvalue weighted by Gasteiger charge is -2.38. The van der Waals surface area contributed by atoms with Gasteiger partial charge in [-0.05, 0) is 63.4 Å². The van der Waals surface area contributed by atoms with Crippen LogP contribution in [-0.4, -0.2) is 33.1 Å². The zero-order valence-corrected chi connectivity index (χ0v) is 19.0. The van der Waals surface area contributed by atoms with E-state index in [1.807, 2.05) is 24.3 Å². The molecule has 2 N–H and O–H groups in total. The predicted octanol–water partition coefficient (Wildman–Crippen LogP) is 3.55. The molecule has 1 aliphatic heterocycles. The third-order valence-corrected chi connectivity index (χ3v) is 6.71. The number of carbonyl (C=O) groups is 1. The number of furan rings is 1. The number of benzene rings is 1. The Morgan fingerprint density at radius 3 is 2.45 bits per heavy atom. The average Bonchev–Trinajstić information content (AvgIpc) is 3.12. The van der Waals surface area contributed by atoms with Crippen molar-refractivity contribution in [3.8, 4) is 0 Å². The van der Waals surface area contributed by atoms with Gasteiger partial charge in [0, 0.05) is 23.2 Å². The molecule has 0 bridgehead atoms. The standard InChI is InChI=1S/C20H25BrN2O5S/c1-19(2,3)23-29(25,26)17-8-7-16(28-17)18(24)22-20(9-11-27-12-10-20)14-5-4-6-15(21)13-14/h4-8,13,23H,9-12H2,1-3H3,(H,22,24). The fourth-order valence-corrected chi connectivity index (χ4v) is 5.06. The van der Waals surface area contributed by atoms with Crippen molar-refractivity contribution < 1.29 is 22.4 Å². The monoisotopic (exact) mass is 484 g/mol. The molecule has 0 radical (unpaired) electrons. The SMILES string of the molecule is CC(C)(C)NS(=O)(=O)c1ccc(C(=O)NC2(c3cccc(Br)c3)CCOCC2)o1. The molecular formula is C20H25BrN2O5S. The van der Waals surface area contributed by atoms with Crippen LogP contribution in [0.2, 0.25) is 0 Å². The van der Waals surface area contributed by atoms with Crippen molar-refractivity contribution in [3.63, 3.8) is 0 Å². The molecule has 1 aromatic heterocycles. The molecule has 7 nitrogen and oxygen atoms in total. The minimum Gasteiger partial charge on any atom is -0.438 e. The first kappa shape index (κ1) is 22.0. The zero-order chi connectivity index (χ0) is 21.3. The third kappa shape index (κ3) is 5.28. The van der Waals surface area contributed by atoms with E-state index >= 15 is 0 Å². The molecule has 0 spiro atoms. The number of halogens is 1. The second kappa shape index (κ2) is 8.22. The molecule has 2 heterocycles. The maximum absolute atomic E-state index is 12.9. The quantitative estimate of drug-likeness (QED) is 0.675. The smallest absolute Gasteiger partial charge is 0.287 e. The Hall–Kier alpha value is -1.68. The topological polar surface area (TPSA) is 97.6 Å². The number of ether oxygens (including phenoxy) is 1. The molecule has 0 aliphatic carbocycles. The first-order chi connectivity index (χ1) is 13.5. The lowest BCUT2D eigenvalue weighted by molar-refractivity contribution is 0.0336. The van der Waals surface area contributed by atoms with Gasteiger partial charge in [-0.15, -0.1) is 0 Å². The van der Waals surface area contributed by atoms with E-state index < -0.39 is 27.0 Å². The van der Waals surface area contributed by atoms with Gasteiger partial charge < -0.3 is 14.5 Å². The fraction of sp³-hybridized carbons (Fsp3) is 0.450. The first-order valence-corrected chi connectivity index (χ1v) is 11.6. The molecule has 29 heavy (non-hydrogen) atoms. The summed E-state index contributed by atoms with van der Waals surface area (Å²) in [7, 11) is -3.86. The van der Waals surface area contributed by atoms with E-state index in [2.05, 4.69) is 26.0 Å². The van der Waals surface area contributed by atoms with E-state index in [0.29, 0.717) is 26.1 Å². The van der Waals surface area contributed by atoms with Crippen LogP contribution in [0.1, 0.15) is 49.7 Å². The molecule has 1 amide bonds. The maximum Gasteiger partial charge on any atom is 0.287 e. The van der Waals surface area contributed by atoms with Crippen LogP contribution in [0, 0.1) is 0 Å². The van der Waals surface area contributed by atoms with Crippen LogP contribution < -0.4 is 10.0 Å². The molecule has 0 unspecified atom stereocenters. The summed E-state index contributed by atoms with van der Waals surface area (Å²) in [5.41, 5.74) is -0.326.